The number of benzene rings is 1. The molecule has 0 aliphatic rings. The number of rotatable bonds is 4. The molecular formula is C15H12F5N5O. The van der Waals surface area contributed by atoms with Crippen LogP contribution in [-0.2, 0) is 6.18 Å². The highest BCUT2D eigenvalue weighted by Crippen LogP contribution is 2.35. The fourth-order valence-electron chi connectivity index (χ4n) is 2.31. The van der Waals surface area contributed by atoms with Crippen LogP contribution in [0, 0.1) is 18.6 Å². The molecule has 138 valence electrons. The van der Waals surface area contributed by atoms with E-state index in [0.717, 1.165) is 0 Å². The predicted molar refractivity (Wildman–Crippen MR) is 81.3 cm³/mol. The molecule has 3 rings (SSSR count). The molecule has 26 heavy (non-hydrogen) atoms. The second kappa shape index (κ2) is 6.39. The van der Waals surface area contributed by atoms with Crippen LogP contribution in [0.2, 0.25) is 0 Å². The summed E-state index contributed by atoms with van der Waals surface area (Å²) in [7, 11) is 0. The Morgan fingerprint density at radius 1 is 1.12 bits per heavy atom. The number of aromatic nitrogens is 4. The Bertz CT molecular complexity index is 946. The van der Waals surface area contributed by atoms with Gasteiger partial charge in [0.15, 0.2) is 0 Å². The van der Waals surface area contributed by atoms with E-state index in [2.05, 4.69) is 20.4 Å². The molecule has 6 nitrogen and oxygen atoms in total. The fourth-order valence-corrected chi connectivity index (χ4v) is 2.31. The normalized spacial score (nSPS) is 11.8. The lowest BCUT2D eigenvalue weighted by Gasteiger charge is -2.13. The van der Waals surface area contributed by atoms with Crippen LogP contribution in [0.25, 0.3) is 5.78 Å². The summed E-state index contributed by atoms with van der Waals surface area (Å²) in [5.74, 6) is -3.10. The summed E-state index contributed by atoms with van der Waals surface area (Å²) < 4.78 is 71.8. The Morgan fingerprint density at radius 3 is 2.35 bits per heavy atom. The lowest BCUT2D eigenvalue weighted by Crippen LogP contribution is -2.12. The molecule has 0 saturated heterocycles. The number of nitrogens with one attached hydrogen (secondary N) is 1. The quantitative estimate of drug-likeness (QED) is 0.704. The molecule has 0 aliphatic carbocycles. The van der Waals surface area contributed by atoms with Crippen LogP contribution >= 0.6 is 0 Å². The van der Waals surface area contributed by atoms with E-state index in [1.807, 2.05) is 0 Å². The lowest BCUT2D eigenvalue weighted by molar-refractivity contribution is -0.142. The van der Waals surface area contributed by atoms with Gasteiger partial charge >= 0.3 is 12.2 Å². The molecule has 0 spiro atoms. The van der Waals surface area contributed by atoms with Gasteiger partial charge in [0.1, 0.15) is 23.0 Å². The topological polar surface area (TPSA) is 64.3 Å². The third-order valence-electron chi connectivity index (χ3n) is 3.29. The van der Waals surface area contributed by atoms with Gasteiger partial charge in [0.05, 0.1) is 6.61 Å². The maximum Gasteiger partial charge on any atom is 0.422 e. The largest absolute Gasteiger partial charge is 0.463 e. The first-order valence-corrected chi connectivity index (χ1v) is 7.39. The van der Waals surface area contributed by atoms with Crippen molar-refractivity contribution in [2.24, 2.45) is 0 Å². The zero-order valence-electron chi connectivity index (χ0n) is 13.5. The van der Waals surface area contributed by atoms with E-state index in [1.54, 1.807) is 13.8 Å². The van der Waals surface area contributed by atoms with Crippen LogP contribution in [0.3, 0.4) is 0 Å². The van der Waals surface area contributed by atoms with Gasteiger partial charge in [0.25, 0.3) is 5.78 Å². The Kier molecular flexibility index (Phi) is 4.38. The predicted octanol–water partition coefficient (Wildman–Crippen LogP) is 3.87. The van der Waals surface area contributed by atoms with Crippen molar-refractivity contribution in [3.05, 3.63) is 41.1 Å². The van der Waals surface area contributed by atoms with Crippen LogP contribution < -0.4 is 10.1 Å². The number of ether oxygens (including phenoxy) is 1. The summed E-state index contributed by atoms with van der Waals surface area (Å²) in [6.07, 6.45) is -5.13. The molecule has 0 unspecified atom stereocenters. The van der Waals surface area contributed by atoms with Crippen LogP contribution in [0.5, 0.6) is 6.01 Å². The molecule has 0 fully saturated rings. The minimum absolute atomic E-state index is 0.0402. The highest BCUT2D eigenvalue weighted by molar-refractivity contribution is 5.60. The van der Waals surface area contributed by atoms with Gasteiger partial charge < -0.3 is 10.1 Å². The number of fused-ring (bicyclic) bond motifs is 1. The van der Waals surface area contributed by atoms with Gasteiger partial charge in [-0.1, -0.05) is 0 Å². The molecule has 0 aliphatic heterocycles. The van der Waals surface area contributed by atoms with Crippen molar-refractivity contribution in [2.45, 2.75) is 20.0 Å². The van der Waals surface area contributed by atoms with Gasteiger partial charge in [-0.25, -0.2) is 13.8 Å². The number of alkyl halides is 3. The van der Waals surface area contributed by atoms with Gasteiger partial charge in [-0.3, -0.25) is 0 Å². The molecule has 0 bridgehead atoms. The Labute approximate surface area is 143 Å². The first-order valence-electron chi connectivity index (χ1n) is 7.39. The second-order valence-corrected chi connectivity index (χ2v) is 5.26. The Balaban J connectivity index is 2.04. The molecule has 0 atom stereocenters. The molecule has 0 saturated carbocycles. The lowest BCUT2D eigenvalue weighted by atomic mass is 10.1. The summed E-state index contributed by atoms with van der Waals surface area (Å²) in [6.45, 7) is 3.69. The molecule has 0 amide bonds. The van der Waals surface area contributed by atoms with E-state index in [0.29, 0.717) is 24.4 Å². The maximum absolute atomic E-state index is 13.7. The first kappa shape index (κ1) is 17.8. The Hall–Kier alpha value is -2.98. The van der Waals surface area contributed by atoms with Crippen LogP contribution in [-0.4, -0.2) is 26.2 Å². The second-order valence-electron chi connectivity index (χ2n) is 5.26. The van der Waals surface area contributed by atoms with Crippen molar-refractivity contribution in [1.29, 1.82) is 0 Å². The summed E-state index contributed by atoms with van der Waals surface area (Å²) in [5, 5.41) is 6.65. The van der Waals surface area contributed by atoms with Crippen LogP contribution in [0.1, 0.15) is 18.2 Å². The number of hydrogen-bond donors (Lipinski definition) is 1. The molecule has 2 aromatic heterocycles. The molecule has 1 aromatic carbocycles. The van der Waals surface area contributed by atoms with E-state index >= 15 is 0 Å². The smallest absolute Gasteiger partial charge is 0.422 e. The van der Waals surface area contributed by atoms with Gasteiger partial charge in [0.2, 0.25) is 0 Å². The number of aryl methyl sites for hydroxylation is 1. The van der Waals surface area contributed by atoms with Crippen molar-refractivity contribution in [3.63, 3.8) is 0 Å². The van der Waals surface area contributed by atoms with E-state index in [4.69, 9.17) is 4.74 Å². The van der Waals surface area contributed by atoms with Crippen molar-refractivity contribution in [1.82, 2.24) is 19.6 Å². The summed E-state index contributed by atoms with van der Waals surface area (Å²) in [5.41, 5.74) is -1.67. The van der Waals surface area contributed by atoms with Gasteiger partial charge in [0, 0.05) is 17.4 Å². The third kappa shape index (κ3) is 3.37. The first-order chi connectivity index (χ1) is 12.2. The van der Waals surface area contributed by atoms with Crippen molar-refractivity contribution < 1.29 is 26.7 Å². The minimum Gasteiger partial charge on any atom is -0.463 e. The Morgan fingerprint density at radius 2 is 1.77 bits per heavy atom. The van der Waals surface area contributed by atoms with Crippen LogP contribution in [0.4, 0.5) is 33.5 Å². The maximum atomic E-state index is 13.7. The SMILES string of the molecule is CCOc1nc2nc(C)cc(Nc3cc(F)c(C(F)(F)F)c(F)c3)n2n1. The zero-order valence-corrected chi connectivity index (χ0v) is 13.5. The fraction of sp³-hybridized carbons (Fsp3) is 0.267. The number of halogens is 5. The van der Waals surface area contributed by atoms with E-state index < -0.39 is 23.4 Å². The standard InChI is InChI=1S/C15H12F5N5O/c1-3-26-14-23-13-21-7(2)4-11(25(13)24-14)22-8-5-9(16)12(10(17)6-8)15(18,19)20/h4-6,22H,3H2,1-2H3. The average molecular weight is 373 g/mol. The average Bonchev–Trinajstić information content (AvgIpc) is 2.87. The third-order valence-corrected chi connectivity index (χ3v) is 3.29. The molecular weight excluding hydrogens is 361 g/mol. The van der Waals surface area contributed by atoms with E-state index in [-0.39, 0.29) is 23.3 Å². The number of hydrogen-bond acceptors (Lipinski definition) is 5. The highest BCUT2D eigenvalue weighted by atomic mass is 19.4. The van der Waals surface area contributed by atoms with Crippen LogP contribution in [0.15, 0.2) is 18.2 Å². The summed E-state index contributed by atoms with van der Waals surface area (Å²) in [4.78, 5) is 8.16. The van der Waals surface area contributed by atoms with Gasteiger partial charge in [-0.15, -0.1) is 5.10 Å². The molecule has 1 N–H and O–H groups in total. The monoisotopic (exact) mass is 373 g/mol. The molecule has 11 heteroatoms. The van der Waals surface area contributed by atoms with E-state index in [1.165, 1.54) is 10.6 Å². The van der Waals surface area contributed by atoms with Crippen molar-refractivity contribution >= 4 is 17.3 Å². The molecule has 0 radical (unpaired) electrons. The minimum atomic E-state index is -5.13. The number of anilines is 2. The molecule has 3 aromatic rings. The van der Waals surface area contributed by atoms with Gasteiger partial charge in [-0.2, -0.15) is 22.7 Å². The zero-order chi connectivity index (χ0) is 19.1. The highest BCUT2D eigenvalue weighted by Gasteiger charge is 2.38. The summed E-state index contributed by atoms with van der Waals surface area (Å²) in [6, 6.07) is 2.63. The van der Waals surface area contributed by atoms with Crippen molar-refractivity contribution in [3.8, 4) is 6.01 Å². The van der Waals surface area contributed by atoms with Gasteiger partial charge in [-0.05, 0) is 26.0 Å². The number of nitrogens with zero attached hydrogens (tertiary/aromatic N) is 4. The van der Waals surface area contributed by atoms with E-state index in [9.17, 15) is 22.0 Å². The summed E-state index contributed by atoms with van der Waals surface area (Å²) >= 11 is 0. The molecule has 2 heterocycles. The van der Waals surface area contributed by atoms with Crippen molar-refractivity contribution in [2.75, 3.05) is 11.9 Å².